The van der Waals surface area contributed by atoms with Crippen LogP contribution in [0.1, 0.15) is 5.56 Å². The van der Waals surface area contributed by atoms with E-state index in [0.29, 0.717) is 0 Å². The van der Waals surface area contributed by atoms with Crippen LogP contribution in [0.3, 0.4) is 0 Å². The average molecular weight is 298 g/mol. The summed E-state index contributed by atoms with van der Waals surface area (Å²) in [4.78, 5) is 1.15. The molecule has 1 heterocycles. The lowest BCUT2D eigenvalue weighted by Crippen LogP contribution is -1.93. The van der Waals surface area contributed by atoms with Crippen LogP contribution in [0.5, 0.6) is 0 Å². The van der Waals surface area contributed by atoms with E-state index in [1.54, 1.807) is 16.4 Å². The Hall–Kier alpha value is -0.940. The summed E-state index contributed by atoms with van der Waals surface area (Å²) in [5.41, 5.74) is 7.89. The minimum Gasteiger partial charge on any atom is -0.398 e. The van der Waals surface area contributed by atoms with Crippen molar-refractivity contribution in [3.05, 3.63) is 40.6 Å². The van der Waals surface area contributed by atoms with Crippen molar-refractivity contribution in [3.8, 4) is 0 Å². The van der Waals surface area contributed by atoms with Crippen LogP contribution in [0.4, 0.5) is 5.69 Å². The van der Waals surface area contributed by atoms with Crippen LogP contribution in [0, 0.1) is 0 Å². The van der Waals surface area contributed by atoms with Gasteiger partial charge in [-0.3, -0.25) is 4.68 Å². The molecule has 0 aliphatic heterocycles. The maximum absolute atomic E-state index is 5.93. The van der Waals surface area contributed by atoms with Gasteiger partial charge in [-0.15, -0.1) is 11.8 Å². The molecule has 2 N–H and O–H groups in total. The van der Waals surface area contributed by atoms with Crippen LogP contribution < -0.4 is 5.73 Å². The first-order valence-electron chi connectivity index (χ1n) is 4.81. The average Bonchev–Trinajstić information content (AvgIpc) is 2.63. The van der Waals surface area contributed by atoms with E-state index in [1.165, 1.54) is 0 Å². The molecular formula is C11H12BrN3S. The van der Waals surface area contributed by atoms with E-state index < -0.39 is 0 Å². The third-order valence-corrected chi connectivity index (χ3v) is 3.94. The highest BCUT2D eigenvalue weighted by Crippen LogP contribution is 2.30. The fraction of sp³-hybridized carbons (Fsp3) is 0.182. The van der Waals surface area contributed by atoms with Crippen LogP contribution >= 0.6 is 27.7 Å². The Kier molecular flexibility index (Phi) is 3.56. The number of hydrogen-bond acceptors (Lipinski definition) is 3. The zero-order valence-electron chi connectivity index (χ0n) is 8.85. The number of nitrogen functional groups attached to an aromatic ring is 1. The Morgan fingerprint density at radius 2 is 2.31 bits per heavy atom. The van der Waals surface area contributed by atoms with Crippen molar-refractivity contribution in [1.29, 1.82) is 0 Å². The van der Waals surface area contributed by atoms with Gasteiger partial charge < -0.3 is 5.73 Å². The topological polar surface area (TPSA) is 43.8 Å². The summed E-state index contributed by atoms with van der Waals surface area (Å²) in [5.74, 6) is 0.846. The predicted molar refractivity (Wildman–Crippen MR) is 71.3 cm³/mol. The lowest BCUT2D eigenvalue weighted by atomic mass is 10.2. The van der Waals surface area contributed by atoms with Gasteiger partial charge in [0, 0.05) is 34.1 Å². The maximum Gasteiger partial charge on any atom is 0.0625 e. The smallest absolute Gasteiger partial charge is 0.0625 e. The van der Waals surface area contributed by atoms with E-state index in [9.17, 15) is 0 Å². The number of aryl methyl sites for hydroxylation is 1. The van der Waals surface area contributed by atoms with Gasteiger partial charge >= 0.3 is 0 Å². The lowest BCUT2D eigenvalue weighted by Gasteiger charge is -2.06. The van der Waals surface area contributed by atoms with Crippen molar-refractivity contribution >= 4 is 33.4 Å². The third-order valence-electron chi connectivity index (χ3n) is 2.22. The fourth-order valence-electron chi connectivity index (χ4n) is 1.36. The number of anilines is 1. The monoisotopic (exact) mass is 297 g/mol. The van der Waals surface area contributed by atoms with Crippen LogP contribution in [0.25, 0.3) is 0 Å². The van der Waals surface area contributed by atoms with Gasteiger partial charge in [-0.25, -0.2) is 0 Å². The van der Waals surface area contributed by atoms with Crippen LogP contribution in [0.15, 0.2) is 40.0 Å². The second kappa shape index (κ2) is 4.93. The lowest BCUT2D eigenvalue weighted by molar-refractivity contribution is 0.766. The molecule has 0 atom stereocenters. The second-order valence-corrected chi connectivity index (χ2v) is 5.35. The maximum atomic E-state index is 5.93. The minimum absolute atomic E-state index is 0.825. The summed E-state index contributed by atoms with van der Waals surface area (Å²) in [6.45, 7) is 0. The van der Waals surface area contributed by atoms with Gasteiger partial charge in [0.2, 0.25) is 0 Å². The molecule has 0 fully saturated rings. The highest BCUT2D eigenvalue weighted by Gasteiger charge is 2.05. The molecule has 0 bridgehead atoms. The molecular weight excluding hydrogens is 286 g/mol. The van der Waals surface area contributed by atoms with Gasteiger partial charge in [-0.1, -0.05) is 22.0 Å². The number of benzene rings is 1. The molecule has 0 amide bonds. The number of aromatic nitrogens is 2. The summed E-state index contributed by atoms with van der Waals surface area (Å²) in [7, 11) is 1.91. The first-order chi connectivity index (χ1) is 7.66. The first kappa shape index (κ1) is 11.5. The molecule has 1 aromatic carbocycles. The van der Waals surface area contributed by atoms with Crippen molar-refractivity contribution in [1.82, 2.24) is 9.78 Å². The molecule has 0 saturated heterocycles. The normalized spacial score (nSPS) is 10.6. The molecule has 3 nitrogen and oxygen atoms in total. The zero-order chi connectivity index (χ0) is 11.5. The molecule has 84 valence electrons. The Labute approximate surface area is 107 Å². The zero-order valence-corrected chi connectivity index (χ0v) is 11.3. The third kappa shape index (κ3) is 2.59. The summed E-state index contributed by atoms with van der Waals surface area (Å²) in [6.07, 6.45) is 3.86. The number of halogens is 1. The van der Waals surface area contributed by atoms with Crippen molar-refractivity contribution in [2.45, 2.75) is 10.6 Å². The molecule has 0 radical (unpaired) electrons. The first-order valence-corrected chi connectivity index (χ1v) is 6.59. The van der Waals surface area contributed by atoms with E-state index in [4.69, 9.17) is 5.73 Å². The molecule has 0 spiro atoms. The molecule has 0 aliphatic rings. The van der Waals surface area contributed by atoms with Crippen molar-refractivity contribution in [3.63, 3.8) is 0 Å². The summed E-state index contributed by atoms with van der Waals surface area (Å²) < 4.78 is 2.86. The summed E-state index contributed by atoms with van der Waals surface area (Å²) in [5, 5.41) is 4.13. The van der Waals surface area contributed by atoms with Crippen molar-refractivity contribution in [2.24, 2.45) is 7.05 Å². The Bertz CT molecular complexity index is 475. The number of nitrogens with two attached hydrogens (primary N) is 1. The quantitative estimate of drug-likeness (QED) is 0.699. The van der Waals surface area contributed by atoms with E-state index in [0.717, 1.165) is 26.4 Å². The molecule has 2 aromatic rings. The van der Waals surface area contributed by atoms with E-state index in [-0.39, 0.29) is 0 Å². The van der Waals surface area contributed by atoms with E-state index >= 15 is 0 Å². The van der Waals surface area contributed by atoms with Gasteiger partial charge in [-0.2, -0.15) is 5.10 Å². The highest BCUT2D eigenvalue weighted by molar-refractivity contribution is 9.10. The molecule has 0 unspecified atom stereocenters. The second-order valence-electron chi connectivity index (χ2n) is 3.45. The molecule has 0 saturated carbocycles. The highest BCUT2D eigenvalue weighted by atomic mass is 79.9. The predicted octanol–water partition coefficient (Wildman–Crippen LogP) is 3.06. The van der Waals surface area contributed by atoms with Crippen molar-refractivity contribution < 1.29 is 0 Å². The molecule has 5 heteroatoms. The number of nitrogens with zero attached hydrogens (tertiary/aromatic N) is 2. The van der Waals surface area contributed by atoms with Crippen LogP contribution in [-0.4, -0.2) is 9.78 Å². The van der Waals surface area contributed by atoms with Gasteiger partial charge in [0.1, 0.15) is 0 Å². The van der Waals surface area contributed by atoms with E-state index in [2.05, 4.69) is 21.0 Å². The van der Waals surface area contributed by atoms with Crippen LogP contribution in [0.2, 0.25) is 0 Å². The van der Waals surface area contributed by atoms with E-state index in [1.807, 2.05) is 37.6 Å². The fourth-order valence-corrected chi connectivity index (χ4v) is 3.05. The Morgan fingerprint density at radius 3 is 2.94 bits per heavy atom. The Morgan fingerprint density at radius 1 is 1.50 bits per heavy atom. The molecule has 2 rings (SSSR count). The SMILES string of the molecule is Cn1cc(SCc2c(N)cccc2Br)cn1. The Balaban J connectivity index is 2.10. The molecule has 16 heavy (non-hydrogen) atoms. The largest absolute Gasteiger partial charge is 0.398 e. The van der Waals surface area contributed by atoms with Gasteiger partial charge in [0.15, 0.2) is 0 Å². The van der Waals surface area contributed by atoms with Gasteiger partial charge in [-0.05, 0) is 17.7 Å². The van der Waals surface area contributed by atoms with Crippen molar-refractivity contribution in [2.75, 3.05) is 5.73 Å². The number of thioether (sulfide) groups is 1. The summed E-state index contributed by atoms with van der Waals surface area (Å²) in [6, 6.07) is 5.87. The van der Waals surface area contributed by atoms with Gasteiger partial charge in [0.05, 0.1) is 6.20 Å². The summed E-state index contributed by atoms with van der Waals surface area (Å²) >= 11 is 5.24. The van der Waals surface area contributed by atoms with Crippen LogP contribution in [-0.2, 0) is 12.8 Å². The van der Waals surface area contributed by atoms with Gasteiger partial charge in [0.25, 0.3) is 0 Å². The molecule has 0 aliphatic carbocycles. The standard InChI is InChI=1S/C11H12BrN3S/c1-15-6-8(5-14-15)16-7-9-10(12)3-2-4-11(9)13/h2-6H,7,13H2,1H3. The number of hydrogen-bond donors (Lipinski definition) is 1. The number of rotatable bonds is 3. The minimum atomic E-state index is 0.825. The molecule has 1 aromatic heterocycles.